The summed E-state index contributed by atoms with van der Waals surface area (Å²) in [4.78, 5) is 17.4. The number of nitrogens with one attached hydrogen (secondary N) is 2. The van der Waals surface area contributed by atoms with Crippen molar-refractivity contribution in [1.29, 1.82) is 0 Å². The summed E-state index contributed by atoms with van der Waals surface area (Å²) >= 11 is 10.8. The quantitative estimate of drug-likeness (QED) is 0.697. The van der Waals surface area contributed by atoms with Crippen LogP contribution in [0.25, 0.3) is 10.9 Å². The summed E-state index contributed by atoms with van der Waals surface area (Å²) in [6, 6.07) is 12.3. The van der Waals surface area contributed by atoms with Crippen molar-refractivity contribution in [2.24, 2.45) is 0 Å². The number of H-pyrrole nitrogens is 1. The largest absolute Gasteiger partial charge is 0.330 e. The predicted molar refractivity (Wildman–Crippen MR) is 91.4 cm³/mol. The summed E-state index contributed by atoms with van der Waals surface area (Å²) in [7, 11) is -3.98. The monoisotopic (exact) mass is 367 g/mol. The average Bonchev–Trinajstić information content (AvgIpc) is 2.52. The molecule has 0 amide bonds. The highest BCUT2D eigenvalue weighted by Gasteiger charge is 2.16. The summed E-state index contributed by atoms with van der Waals surface area (Å²) in [5, 5.41) is 0.726. The second kappa shape index (κ2) is 5.80. The van der Waals surface area contributed by atoms with Gasteiger partial charge in [0.05, 0.1) is 15.8 Å². The van der Waals surface area contributed by atoms with E-state index in [0.717, 1.165) is 4.68 Å². The van der Waals surface area contributed by atoms with E-state index in [2.05, 4.69) is 9.82 Å². The Morgan fingerprint density at radius 2 is 1.74 bits per heavy atom. The van der Waals surface area contributed by atoms with Crippen molar-refractivity contribution in [3.63, 3.8) is 0 Å². The van der Waals surface area contributed by atoms with Gasteiger partial charge in [0, 0.05) is 5.02 Å². The summed E-state index contributed by atoms with van der Waals surface area (Å²) in [5.74, 6) is 0. The molecule has 0 atom stereocenters. The van der Waals surface area contributed by atoms with Gasteiger partial charge in [-0.2, -0.15) is 13.1 Å². The van der Waals surface area contributed by atoms with Crippen LogP contribution < -0.4 is 10.4 Å². The first-order valence-electron chi connectivity index (χ1n) is 6.41. The van der Waals surface area contributed by atoms with Crippen LogP contribution in [0.3, 0.4) is 0 Å². The van der Waals surface area contributed by atoms with Crippen molar-refractivity contribution in [2.45, 2.75) is 4.90 Å². The van der Waals surface area contributed by atoms with E-state index in [-0.39, 0.29) is 9.67 Å². The standard InChI is InChI=1S/C14H10ClN3O3S2/c15-9-5-7-10(8-6-9)23(20,21)17-18-13(19)11-3-1-2-4-12(11)16-14(18)22/h1-8,17H,(H,16,22). The van der Waals surface area contributed by atoms with Crippen molar-refractivity contribution < 1.29 is 8.42 Å². The maximum absolute atomic E-state index is 12.4. The van der Waals surface area contributed by atoms with E-state index < -0.39 is 15.6 Å². The molecular weight excluding hydrogens is 358 g/mol. The van der Waals surface area contributed by atoms with E-state index in [0.29, 0.717) is 15.9 Å². The van der Waals surface area contributed by atoms with Gasteiger partial charge in [-0.3, -0.25) is 4.79 Å². The van der Waals surface area contributed by atoms with Crippen molar-refractivity contribution in [3.8, 4) is 0 Å². The van der Waals surface area contributed by atoms with E-state index in [9.17, 15) is 13.2 Å². The maximum atomic E-state index is 12.4. The number of para-hydroxylation sites is 1. The Morgan fingerprint density at radius 3 is 2.43 bits per heavy atom. The average molecular weight is 368 g/mol. The predicted octanol–water partition coefficient (Wildman–Crippen LogP) is 2.64. The second-order valence-electron chi connectivity index (χ2n) is 4.66. The van der Waals surface area contributed by atoms with Gasteiger partial charge in [0.15, 0.2) is 0 Å². The Balaban J connectivity index is 2.13. The zero-order chi connectivity index (χ0) is 16.6. The van der Waals surface area contributed by atoms with E-state index in [1.807, 2.05) is 0 Å². The summed E-state index contributed by atoms with van der Waals surface area (Å²) in [6.07, 6.45) is 0. The number of nitrogens with zero attached hydrogens (tertiary/aromatic N) is 1. The molecule has 23 heavy (non-hydrogen) atoms. The number of aromatic nitrogens is 2. The third-order valence-electron chi connectivity index (χ3n) is 3.14. The first-order valence-corrected chi connectivity index (χ1v) is 8.68. The maximum Gasteiger partial charge on any atom is 0.281 e. The van der Waals surface area contributed by atoms with Crippen LogP contribution in [-0.4, -0.2) is 18.1 Å². The van der Waals surface area contributed by atoms with Gasteiger partial charge in [-0.25, -0.2) is 4.83 Å². The Bertz CT molecular complexity index is 1100. The molecule has 3 rings (SSSR count). The molecule has 0 unspecified atom stereocenters. The molecule has 9 heteroatoms. The SMILES string of the molecule is O=c1c2ccccc2[nH]c(=S)n1NS(=O)(=O)c1ccc(Cl)cc1. The number of hydrogen-bond acceptors (Lipinski definition) is 4. The molecule has 0 fully saturated rings. The Hall–Kier alpha value is -2.16. The second-order valence-corrected chi connectivity index (χ2v) is 7.15. The highest BCUT2D eigenvalue weighted by atomic mass is 35.5. The number of fused-ring (bicyclic) bond motifs is 1. The first kappa shape index (κ1) is 15.7. The van der Waals surface area contributed by atoms with E-state index in [1.54, 1.807) is 24.3 Å². The molecule has 3 aromatic rings. The highest BCUT2D eigenvalue weighted by molar-refractivity contribution is 7.92. The summed E-state index contributed by atoms with van der Waals surface area (Å²) in [5.41, 5.74) is -0.0219. The number of halogens is 1. The van der Waals surface area contributed by atoms with Crippen LogP contribution >= 0.6 is 23.8 Å². The van der Waals surface area contributed by atoms with Crippen molar-refractivity contribution in [2.75, 3.05) is 4.83 Å². The van der Waals surface area contributed by atoms with Gasteiger partial charge in [-0.15, -0.1) is 0 Å². The van der Waals surface area contributed by atoms with Crippen molar-refractivity contribution >= 4 is 44.7 Å². The van der Waals surface area contributed by atoms with Gasteiger partial charge in [0.25, 0.3) is 15.6 Å². The third kappa shape index (κ3) is 3.00. The molecule has 0 saturated heterocycles. The fraction of sp³-hybridized carbons (Fsp3) is 0. The Morgan fingerprint density at radius 1 is 1.09 bits per heavy atom. The minimum absolute atomic E-state index is 0.0311. The molecule has 1 heterocycles. The molecule has 118 valence electrons. The molecule has 0 saturated carbocycles. The molecule has 0 bridgehead atoms. The van der Waals surface area contributed by atoms with Crippen molar-refractivity contribution in [1.82, 2.24) is 9.66 Å². The van der Waals surface area contributed by atoms with Crippen LogP contribution in [0.5, 0.6) is 0 Å². The summed E-state index contributed by atoms with van der Waals surface area (Å²) < 4.78 is 25.5. The van der Waals surface area contributed by atoms with Gasteiger partial charge < -0.3 is 4.98 Å². The zero-order valence-electron chi connectivity index (χ0n) is 11.5. The molecule has 0 spiro atoms. The fourth-order valence-corrected chi connectivity index (χ4v) is 3.47. The molecule has 2 N–H and O–H groups in total. The normalized spacial score (nSPS) is 11.5. The topological polar surface area (TPSA) is 84.0 Å². The number of sulfonamides is 1. The molecule has 1 aromatic heterocycles. The number of rotatable bonds is 3. The lowest BCUT2D eigenvalue weighted by molar-refractivity contribution is 0.593. The smallest absolute Gasteiger partial charge is 0.281 e. The Kier molecular flexibility index (Phi) is 3.97. The minimum atomic E-state index is -3.98. The van der Waals surface area contributed by atoms with Crippen LogP contribution in [0.2, 0.25) is 5.02 Å². The summed E-state index contributed by atoms with van der Waals surface area (Å²) in [6.45, 7) is 0. The molecule has 2 aromatic carbocycles. The van der Waals surface area contributed by atoms with Gasteiger partial charge in [0.1, 0.15) is 0 Å². The zero-order valence-corrected chi connectivity index (χ0v) is 13.9. The third-order valence-corrected chi connectivity index (χ3v) is 4.99. The number of benzene rings is 2. The number of hydrogen-bond donors (Lipinski definition) is 2. The van der Waals surface area contributed by atoms with Crippen LogP contribution in [0, 0.1) is 4.77 Å². The van der Waals surface area contributed by atoms with Gasteiger partial charge in [0.2, 0.25) is 4.77 Å². The van der Waals surface area contributed by atoms with Crippen LogP contribution in [0.4, 0.5) is 0 Å². The molecule has 0 radical (unpaired) electrons. The molecular formula is C14H10ClN3O3S2. The van der Waals surface area contributed by atoms with E-state index in [1.165, 1.54) is 24.3 Å². The lowest BCUT2D eigenvalue weighted by atomic mass is 10.2. The number of aromatic amines is 1. The molecule has 0 aliphatic carbocycles. The first-order chi connectivity index (χ1) is 10.9. The van der Waals surface area contributed by atoms with E-state index >= 15 is 0 Å². The molecule has 0 aliphatic rings. The van der Waals surface area contributed by atoms with Crippen LogP contribution in [0.15, 0.2) is 58.2 Å². The molecule has 6 nitrogen and oxygen atoms in total. The molecule has 0 aliphatic heterocycles. The lowest BCUT2D eigenvalue weighted by Crippen LogP contribution is -2.34. The highest BCUT2D eigenvalue weighted by Crippen LogP contribution is 2.14. The Labute approximate surface area is 141 Å². The van der Waals surface area contributed by atoms with Crippen LogP contribution in [-0.2, 0) is 10.0 Å². The lowest BCUT2D eigenvalue weighted by Gasteiger charge is -2.11. The van der Waals surface area contributed by atoms with E-state index in [4.69, 9.17) is 23.8 Å². The fourth-order valence-electron chi connectivity index (χ4n) is 2.03. The van der Waals surface area contributed by atoms with Crippen molar-refractivity contribution in [3.05, 3.63) is 68.7 Å². The minimum Gasteiger partial charge on any atom is -0.330 e. The van der Waals surface area contributed by atoms with Gasteiger partial charge in [-0.1, -0.05) is 23.7 Å². The van der Waals surface area contributed by atoms with Crippen LogP contribution in [0.1, 0.15) is 0 Å². The van der Waals surface area contributed by atoms with Gasteiger partial charge in [-0.05, 0) is 48.6 Å². The van der Waals surface area contributed by atoms with Gasteiger partial charge >= 0.3 is 0 Å².